The van der Waals surface area contributed by atoms with E-state index in [-0.39, 0.29) is 0 Å². The molecule has 0 aromatic carbocycles. The average molecular weight is 366 g/mol. The zero-order chi connectivity index (χ0) is 18.9. The molecule has 0 rings (SSSR count). The Bertz CT molecular complexity index is 326. The first-order valence-electron chi connectivity index (χ1n) is 10.0. The molecule has 0 bridgehead atoms. The highest BCUT2D eigenvalue weighted by Crippen LogP contribution is 2.17. The maximum atomic E-state index is 9.08. The largest absolute Gasteiger partial charge is 0.748 e. The lowest BCUT2D eigenvalue weighted by atomic mass is 10.1. The Kier molecular flexibility index (Phi) is 17.8. The zero-order valence-electron chi connectivity index (χ0n) is 17.0. The standard InChI is InChI=1S/C18H40N.CH4O3S/c1-5-9-13-14-18-19(15-10-6-2,16-11-7-3)17-12-8-4;1-5(2,3)4/h5-18H2,1-4H3;1H3,(H,2,3,4)/q+1;/p-1. The van der Waals surface area contributed by atoms with Gasteiger partial charge in [0.1, 0.15) is 0 Å². The van der Waals surface area contributed by atoms with E-state index in [4.69, 9.17) is 13.0 Å². The molecular formula is C19H43NO3S. The van der Waals surface area contributed by atoms with E-state index in [2.05, 4.69) is 27.7 Å². The van der Waals surface area contributed by atoms with Gasteiger partial charge in [0.15, 0.2) is 0 Å². The van der Waals surface area contributed by atoms with Crippen LogP contribution in [0.3, 0.4) is 0 Å². The monoisotopic (exact) mass is 365 g/mol. The minimum absolute atomic E-state index is 0.604. The van der Waals surface area contributed by atoms with Crippen LogP contribution in [0, 0.1) is 0 Å². The van der Waals surface area contributed by atoms with Gasteiger partial charge in [-0.15, -0.1) is 0 Å². The van der Waals surface area contributed by atoms with Crippen LogP contribution >= 0.6 is 0 Å². The molecule has 24 heavy (non-hydrogen) atoms. The molecule has 0 spiro atoms. The highest BCUT2D eigenvalue weighted by molar-refractivity contribution is 7.84. The molecule has 0 fully saturated rings. The van der Waals surface area contributed by atoms with Crippen LogP contribution < -0.4 is 0 Å². The van der Waals surface area contributed by atoms with E-state index in [9.17, 15) is 0 Å². The Balaban J connectivity index is 0. The lowest BCUT2D eigenvalue weighted by Gasteiger charge is -2.39. The number of quaternary nitrogens is 1. The molecule has 148 valence electrons. The van der Waals surface area contributed by atoms with Crippen LogP contribution in [-0.4, -0.2) is 49.9 Å². The van der Waals surface area contributed by atoms with Gasteiger partial charge in [-0.25, -0.2) is 8.42 Å². The van der Waals surface area contributed by atoms with Gasteiger partial charge < -0.3 is 9.04 Å². The van der Waals surface area contributed by atoms with Crippen LogP contribution in [0.5, 0.6) is 0 Å². The molecule has 0 N–H and O–H groups in total. The van der Waals surface area contributed by atoms with Crippen molar-refractivity contribution >= 4 is 10.1 Å². The van der Waals surface area contributed by atoms with Crippen LogP contribution in [0.4, 0.5) is 0 Å². The molecule has 0 atom stereocenters. The predicted octanol–water partition coefficient (Wildman–Crippen LogP) is 4.95. The van der Waals surface area contributed by atoms with Crippen molar-refractivity contribution in [1.82, 2.24) is 0 Å². The lowest BCUT2D eigenvalue weighted by Crippen LogP contribution is -2.50. The third-order valence-corrected chi connectivity index (χ3v) is 4.44. The van der Waals surface area contributed by atoms with E-state index in [1.54, 1.807) is 0 Å². The third-order valence-electron chi connectivity index (χ3n) is 4.44. The lowest BCUT2D eigenvalue weighted by molar-refractivity contribution is -0.929. The van der Waals surface area contributed by atoms with Crippen molar-refractivity contribution in [3.63, 3.8) is 0 Å². The second-order valence-electron chi connectivity index (χ2n) is 7.06. The minimum Gasteiger partial charge on any atom is -0.748 e. The molecule has 0 radical (unpaired) electrons. The summed E-state index contributed by atoms with van der Waals surface area (Å²) in [5.41, 5.74) is 0. The zero-order valence-corrected chi connectivity index (χ0v) is 17.8. The van der Waals surface area contributed by atoms with E-state index in [1.165, 1.54) is 94.9 Å². The van der Waals surface area contributed by atoms with Gasteiger partial charge in [0.05, 0.1) is 36.3 Å². The SMILES string of the molecule is CCCCCC[N+](CCCC)(CCCC)CCCC.CS(=O)(=O)[O-]. The molecular weight excluding hydrogens is 322 g/mol. The highest BCUT2D eigenvalue weighted by Gasteiger charge is 2.24. The van der Waals surface area contributed by atoms with Crippen LogP contribution in [0.1, 0.15) is 91.9 Å². The van der Waals surface area contributed by atoms with Gasteiger partial charge in [0, 0.05) is 6.26 Å². The first kappa shape index (κ1) is 26.1. The Hall–Kier alpha value is -0.130. The maximum Gasteiger partial charge on any atom is 0.0916 e. The van der Waals surface area contributed by atoms with Gasteiger partial charge in [0.25, 0.3) is 0 Å². The molecule has 0 heterocycles. The van der Waals surface area contributed by atoms with Gasteiger partial charge in [-0.2, -0.15) is 0 Å². The number of nitrogens with zero attached hydrogens (tertiary/aromatic N) is 1. The van der Waals surface area contributed by atoms with Crippen molar-refractivity contribution in [2.45, 2.75) is 91.9 Å². The normalized spacial score (nSPS) is 11.9. The summed E-state index contributed by atoms with van der Waals surface area (Å²) in [5.74, 6) is 0. The molecule has 0 aliphatic rings. The summed E-state index contributed by atoms with van der Waals surface area (Å²) >= 11 is 0. The van der Waals surface area contributed by atoms with Crippen molar-refractivity contribution in [2.75, 3.05) is 32.4 Å². The number of unbranched alkanes of at least 4 members (excludes halogenated alkanes) is 6. The van der Waals surface area contributed by atoms with Gasteiger partial charge in [0.2, 0.25) is 0 Å². The minimum atomic E-state index is -3.92. The van der Waals surface area contributed by atoms with Crippen molar-refractivity contribution < 1.29 is 17.5 Å². The topological polar surface area (TPSA) is 57.2 Å². The molecule has 5 heteroatoms. The quantitative estimate of drug-likeness (QED) is 0.249. The van der Waals surface area contributed by atoms with Gasteiger partial charge in [-0.05, 0) is 32.1 Å². The second-order valence-corrected chi connectivity index (χ2v) is 8.47. The Labute approximate surface area is 152 Å². The van der Waals surface area contributed by atoms with E-state index in [0.717, 1.165) is 0 Å². The molecule has 0 aliphatic carbocycles. The first-order chi connectivity index (χ1) is 11.2. The molecule has 0 saturated heterocycles. The molecule has 0 aromatic heterocycles. The number of hydrogen-bond donors (Lipinski definition) is 0. The van der Waals surface area contributed by atoms with E-state index >= 15 is 0 Å². The summed E-state index contributed by atoms with van der Waals surface area (Å²) in [6.07, 6.45) is 14.6. The molecule has 0 aliphatic heterocycles. The van der Waals surface area contributed by atoms with Gasteiger partial charge >= 0.3 is 0 Å². The summed E-state index contributed by atoms with van der Waals surface area (Å²) in [5, 5.41) is 0. The molecule has 0 saturated carbocycles. The van der Waals surface area contributed by atoms with E-state index < -0.39 is 10.1 Å². The molecule has 0 amide bonds. The van der Waals surface area contributed by atoms with Crippen LogP contribution in [0.15, 0.2) is 0 Å². The van der Waals surface area contributed by atoms with Gasteiger partial charge in [-0.1, -0.05) is 59.8 Å². The molecule has 0 unspecified atom stereocenters. The van der Waals surface area contributed by atoms with Crippen molar-refractivity contribution in [2.24, 2.45) is 0 Å². The Morgan fingerprint density at radius 1 is 0.625 bits per heavy atom. The van der Waals surface area contributed by atoms with Crippen LogP contribution in [-0.2, 0) is 10.1 Å². The van der Waals surface area contributed by atoms with E-state index in [0.29, 0.717) is 6.26 Å². The summed E-state index contributed by atoms with van der Waals surface area (Å²) in [7, 11) is -3.92. The summed E-state index contributed by atoms with van der Waals surface area (Å²) in [6.45, 7) is 15.1. The third kappa shape index (κ3) is 19.9. The highest BCUT2D eigenvalue weighted by atomic mass is 32.2. The van der Waals surface area contributed by atoms with Crippen LogP contribution in [0.2, 0.25) is 0 Å². The summed E-state index contributed by atoms with van der Waals surface area (Å²) in [6, 6.07) is 0. The summed E-state index contributed by atoms with van der Waals surface area (Å²) < 4.78 is 28.7. The predicted molar refractivity (Wildman–Crippen MR) is 104 cm³/mol. The smallest absolute Gasteiger partial charge is 0.0916 e. The first-order valence-corrected chi connectivity index (χ1v) is 11.8. The molecule has 4 nitrogen and oxygen atoms in total. The number of rotatable bonds is 14. The molecule has 0 aromatic rings. The average Bonchev–Trinajstić information content (AvgIpc) is 2.51. The van der Waals surface area contributed by atoms with Gasteiger partial charge in [-0.3, -0.25) is 0 Å². The van der Waals surface area contributed by atoms with Crippen molar-refractivity contribution in [3.8, 4) is 0 Å². The Morgan fingerprint density at radius 3 is 1.21 bits per heavy atom. The fourth-order valence-corrected chi connectivity index (χ4v) is 3.03. The fraction of sp³-hybridized carbons (Fsp3) is 1.00. The summed E-state index contributed by atoms with van der Waals surface area (Å²) in [4.78, 5) is 0. The van der Waals surface area contributed by atoms with Crippen molar-refractivity contribution in [1.29, 1.82) is 0 Å². The fourth-order valence-electron chi connectivity index (χ4n) is 3.03. The van der Waals surface area contributed by atoms with Crippen molar-refractivity contribution in [3.05, 3.63) is 0 Å². The van der Waals surface area contributed by atoms with E-state index in [1.807, 2.05) is 0 Å². The maximum absolute atomic E-state index is 9.08. The Morgan fingerprint density at radius 2 is 0.917 bits per heavy atom. The second kappa shape index (κ2) is 16.3. The van der Waals surface area contributed by atoms with Crippen LogP contribution in [0.25, 0.3) is 0 Å². The number of hydrogen-bond acceptors (Lipinski definition) is 3.